The van der Waals surface area contributed by atoms with E-state index in [1.54, 1.807) is 24.4 Å². The lowest BCUT2D eigenvalue weighted by atomic mass is 10.1. The van der Waals surface area contributed by atoms with Crippen LogP contribution in [-0.4, -0.2) is 34.6 Å². The first kappa shape index (κ1) is 19.3. The zero-order chi connectivity index (χ0) is 20.7. The number of nitrogens with zero attached hydrogens (tertiary/aromatic N) is 3. The summed E-state index contributed by atoms with van der Waals surface area (Å²) in [5.74, 6) is 0.322. The number of benzene rings is 1. The van der Waals surface area contributed by atoms with Crippen molar-refractivity contribution in [3.63, 3.8) is 0 Å². The fourth-order valence-electron chi connectivity index (χ4n) is 2.89. The van der Waals surface area contributed by atoms with Crippen molar-refractivity contribution in [2.45, 2.75) is 6.92 Å². The summed E-state index contributed by atoms with van der Waals surface area (Å²) in [6.45, 7) is 1.29. The molecule has 29 heavy (non-hydrogen) atoms. The molecule has 0 spiro atoms. The van der Waals surface area contributed by atoms with E-state index in [9.17, 15) is 9.59 Å². The van der Waals surface area contributed by atoms with Gasteiger partial charge in [0.15, 0.2) is 22.1 Å². The van der Waals surface area contributed by atoms with Crippen LogP contribution in [0.15, 0.2) is 33.7 Å². The molecule has 4 rings (SSSR count). The standard InChI is InChI=1S/C19H14BrN3O5S/c1-9(24)28-16-13(26-2)4-10(5-14(16)27-3)6-15-18(25)23-17-12(22-19(23)29-15)7-11(20)8-21-17/h4-8H,1-3H3/b15-6-. The molecule has 0 saturated carbocycles. The smallest absolute Gasteiger partial charge is 0.308 e. The third-order valence-corrected chi connectivity index (χ3v) is 5.48. The van der Waals surface area contributed by atoms with Crippen LogP contribution in [0.1, 0.15) is 12.5 Å². The number of pyridine rings is 1. The van der Waals surface area contributed by atoms with Gasteiger partial charge in [0.25, 0.3) is 5.56 Å². The summed E-state index contributed by atoms with van der Waals surface area (Å²) in [5, 5.41) is 0. The van der Waals surface area contributed by atoms with Gasteiger partial charge in [0.05, 0.1) is 18.8 Å². The molecule has 4 aromatic rings. The van der Waals surface area contributed by atoms with Gasteiger partial charge in [-0.15, -0.1) is 0 Å². The van der Waals surface area contributed by atoms with Crippen LogP contribution in [0.25, 0.3) is 22.2 Å². The van der Waals surface area contributed by atoms with Crippen LogP contribution in [0, 0.1) is 0 Å². The first-order valence-electron chi connectivity index (χ1n) is 8.34. The van der Waals surface area contributed by atoms with Gasteiger partial charge in [-0.3, -0.25) is 9.59 Å². The summed E-state index contributed by atoms with van der Waals surface area (Å²) >= 11 is 4.61. The Morgan fingerprint density at radius 3 is 2.52 bits per heavy atom. The average Bonchev–Trinajstić information content (AvgIpc) is 3.17. The third-order valence-electron chi connectivity index (χ3n) is 4.07. The van der Waals surface area contributed by atoms with Crippen LogP contribution in [0.4, 0.5) is 0 Å². The molecule has 3 heterocycles. The van der Waals surface area contributed by atoms with Crippen molar-refractivity contribution in [1.82, 2.24) is 14.4 Å². The van der Waals surface area contributed by atoms with Gasteiger partial charge in [-0.1, -0.05) is 11.3 Å². The number of ether oxygens (including phenoxy) is 3. The average molecular weight is 476 g/mol. The first-order valence-corrected chi connectivity index (χ1v) is 9.95. The number of carbonyl (C=O) groups excluding carboxylic acids is 1. The molecule has 0 N–H and O–H groups in total. The molecule has 0 radical (unpaired) electrons. The molecule has 0 bridgehead atoms. The maximum atomic E-state index is 12.9. The van der Waals surface area contributed by atoms with Gasteiger partial charge in [-0.05, 0) is 45.8 Å². The Kier molecular flexibility index (Phi) is 4.97. The zero-order valence-electron chi connectivity index (χ0n) is 15.6. The number of carbonyl (C=O) groups is 1. The second kappa shape index (κ2) is 7.45. The number of hydrogen-bond acceptors (Lipinski definition) is 8. The van der Waals surface area contributed by atoms with Crippen LogP contribution in [-0.2, 0) is 4.79 Å². The fourth-order valence-corrected chi connectivity index (χ4v) is 4.19. The quantitative estimate of drug-likeness (QED) is 0.330. The molecule has 3 aromatic heterocycles. The highest BCUT2D eigenvalue weighted by atomic mass is 79.9. The minimum Gasteiger partial charge on any atom is -0.493 e. The van der Waals surface area contributed by atoms with E-state index in [0.717, 1.165) is 4.47 Å². The molecule has 0 atom stereocenters. The maximum absolute atomic E-state index is 12.9. The second-order valence-electron chi connectivity index (χ2n) is 5.99. The summed E-state index contributed by atoms with van der Waals surface area (Å²) in [5.41, 5.74) is 1.58. The Morgan fingerprint density at radius 2 is 1.90 bits per heavy atom. The molecular formula is C19H14BrN3O5S. The summed E-state index contributed by atoms with van der Waals surface area (Å²) in [4.78, 5) is 33.6. The lowest BCUT2D eigenvalue weighted by molar-refractivity contribution is -0.132. The summed E-state index contributed by atoms with van der Waals surface area (Å²) in [6, 6.07) is 5.14. The van der Waals surface area contributed by atoms with Crippen molar-refractivity contribution < 1.29 is 19.0 Å². The molecule has 0 saturated heterocycles. The SMILES string of the molecule is COc1cc(/C=c2\sc3nc4cc(Br)cnc4n3c2=O)cc(OC)c1OC(C)=O. The number of halogens is 1. The van der Waals surface area contributed by atoms with E-state index < -0.39 is 5.97 Å². The molecule has 0 fully saturated rings. The Balaban J connectivity index is 1.89. The molecule has 0 amide bonds. The van der Waals surface area contributed by atoms with Crippen molar-refractivity contribution in [3.8, 4) is 17.2 Å². The van der Waals surface area contributed by atoms with Gasteiger partial charge < -0.3 is 14.2 Å². The number of rotatable bonds is 4. The predicted molar refractivity (Wildman–Crippen MR) is 112 cm³/mol. The highest BCUT2D eigenvalue weighted by Gasteiger charge is 2.17. The molecule has 8 nitrogen and oxygen atoms in total. The lowest BCUT2D eigenvalue weighted by Gasteiger charge is -2.13. The summed E-state index contributed by atoms with van der Waals surface area (Å²) in [6.07, 6.45) is 3.33. The van der Waals surface area contributed by atoms with Gasteiger partial charge in [-0.2, -0.15) is 0 Å². The van der Waals surface area contributed by atoms with E-state index in [2.05, 4.69) is 25.9 Å². The van der Waals surface area contributed by atoms with Gasteiger partial charge in [0.2, 0.25) is 5.75 Å². The van der Waals surface area contributed by atoms with Crippen LogP contribution in [0.5, 0.6) is 17.2 Å². The van der Waals surface area contributed by atoms with Gasteiger partial charge in [0, 0.05) is 17.6 Å². The monoisotopic (exact) mass is 475 g/mol. The van der Waals surface area contributed by atoms with Gasteiger partial charge in [0.1, 0.15) is 5.52 Å². The van der Waals surface area contributed by atoms with Crippen molar-refractivity contribution >= 4 is 55.4 Å². The maximum Gasteiger partial charge on any atom is 0.308 e. The number of fused-ring (bicyclic) bond motifs is 3. The Bertz CT molecular complexity index is 1350. The van der Waals surface area contributed by atoms with Gasteiger partial charge >= 0.3 is 5.97 Å². The van der Waals surface area contributed by atoms with Crippen LogP contribution < -0.4 is 24.3 Å². The largest absolute Gasteiger partial charge is 0.493 e. The minimum atomic E-state index is -0.495. The van der Waals surface area contributed by atoms with Crippen molar-refractivity contribution in [1.29, 1.82) is 0 Å². The Morgan fingerprint density at radius 1 is 1.21 bits per heavy atom. The van der Waals surface area contributed by atoms with E-state index in [1.807, 2.05) is 6.07 Å². The van der Waals surface area contributed by atoms with Crippen LogP contribution in [0.2, 0.25) is 0 Å². The topological polar surface area (TPSA) is 92.0 Å². The normalized spacial score (nSPS) is 11.9. The number of hydrogen-bond donors (Lipinski definition) is 0. The third kappa shape index (κ3) is 3.45. The number of methoxy groups -OCH3 is 2. The minimum absolute atomic E-state index is 0.184. The highest BCUT2D eigenvalue weighted by molar-refractivity contribution is 9.10. The van der Waals surface area contributed by atoms with E-state index in [0.29, 0.717) is 37.7 Å². The number of aromatic nitrogens is 3. The number of esters is 1. The molecule has 1 aromatic carbocycles. The second-order valence-corrected chi connectivity index (χ2v) is 7.91. The molecule has 0 unspecified atom stereocenters. The Labute approximate surface area is 176 Å². The molecule has 10 heteroatoms. The van der Waals surface area contributed by atoms with Crippen LogP contribution in [0.3, 0.4) is 0 Å². The van der Waals surface area contributed by atoms with E-state index in [1.165, 1.54) is 36.9 Å². The highest BCUT2D eigenvalue weighted by Crippen LogP contribution is 2.38. The molecule has 0 aliphatic heterocycles. The lowest BCUT2D eigenvalue weighted by Crippen LogP contribution is -2.23. The fraction of sp³-hybridized carbons (Fsp3) is 0.158. The van der Waals surface area contributed by atoms with Crippen molar-refractivity contribution in [2.75, 3.05) is 14.2 Å². The van der Waals surface area contributed by atoms with E-state index in [4.69, 9.17) is 14.2 Å². The number of imidazole rings is 1. The van der Waals surface area contributed by atoms with Crippen LogP contribution >= 0.6 is 27.3 Å². The van der Waals surface area contributed by atoms with E-state index in [-0.39, 0.29) is 11.3 Å². The Hall–Kier alpha value is -2.98. The summed E-state index contributed by atoms with van der Waals surface area (Å²) in [7, 11) is 2.92. The van der Waals surface area contributed by atoms with Gasteiger partial charge in [-0.25, -0.2) is 14.4 Å². The number of thiazole rings is 1. The molecule has 148 valence electrons. The summed E-state index contributed by atoms with van der Waals surface area (Å²) < 4.78 is 18.6. The zero-order valence-corrected chi connectivity index (χ0v) is 18.0. The molecule has 0 aliphatic rings. The molecular weight excluding hydrogens is 462 g/mol. The predicted octanol–water partition coefficient (Wildman–Crippen LogP) is 2.56. The van der Waals surface area contributed by atoms with Crippen molar-refractivity contribution in [3.05, 3.63) is 49.3 Å². The van der Waals surface area contributed by atoms with E-state index >= 15 is 0 Å². The first-order chi connectivity index (χ1) is 13.9. The molecule has 0 aliphatic carbocycles. The van der Waals surface area contributed by atoms with Crippen molar-refractivity contribution in [2.24, 2.45) is 0 Å².